The van der Waals surface area contributed by atoms with Gasteiger partial charge in [-0.05, 0) is 31.1 Å². The molecule has 0 bridgehead atoms. The van der Waals surface area contributed by atoms with Crippen LogP contribution in [0.25, 0.3) is 0 Å². The topological polar surface area (TPSA) is 9.23 Å². The zero-order chi connectivity index (χ0) is 6.48. The lowest BCUT2D eigenvalue weighted by Crippen LogP contribution is -2.22. The normalized spacial score (nSPS) is 56.7. The average Bonchev–Trinajstić information content (AvgIpc) is 2.43. The Labute approximate surface area is 56.4 Å². The van der Waals surface area contributed by atoms with E-state index < -0.39 is 0 Å². The van der Waals surface area contributed by atoms with Crippen LogP contribution in [0.1, 0.15) is 26.7 Å². The maximum atomic E-state index is 5.50. The maximum Gasteiger partial charge on any atom is 0.0580 e. The maximum absolute atomic E-state index is 5.50. The lowest BCUT2D eigenvalue weighted by molar-refractivity contribution is 0.00144. The highest BCUT2D eigenvalue weighted by molar-refractivity contribution is 5.03. The van der Waals surface area contributed by atoms with Gasteiger partial charge in [-0.1, -0.05) is 6.92 Å². The summed E-state index contributed by atoms with van der Waals surface area (Å²) in [7, 11) is 0. The lowest BCUT2D eigenvalue weighted by Gasteiger charge is -2.23. The first kappa shape index (κ1) is 5.72. The molecular formula is C8H14O. The van der Waals surface area contributed by atoms with Gasteiger partial charge in [-0.15, -0.1) is 0 Å². The van der Waals surface area contributed by atoms with Gasteiger partial charge in [0.05, 0.1) is 6.10 Å². The van der Waals surface area contributed by atoms with E-state index in [1.807, 2.05) is 0 Å². The summed E-state index contributed by atoms with van der Waals surface area (Å²) in [6, 6.07) is 0. The minimum atomic E-state index is 0.545. The van der Waals surface area contributed by atoms with Crippen molar-refractivity contribution in [3.63, 3.8) is 0 Å². The van der Waals surface area contributed by atoms with Crippen LogP contribution in [0.5, 0.6) is 0 Å². The van der Waals surface area contributed by atoms with Crippen molar-refractivity contribution in [3.8, 4) is 0 Å². The van der Waals surface area contributed by atoms with E-state index in [0.29, 0.717) is 11.5 Å². The predicted molar refractivity (Wildman–Crippen MR) is 36.2 cm³/mol. The van der Waals surface area contributed by atoms with E-state index >= 15 is 0 Å². The second kappa shape index (κ2) is 1.51. The second-order valence-electron chi connectivity index (χ2n) is 3.79. The van der Waals surface area contributed by atoms with Crippen molar-refractivity contribution < 1.29 is 4.74 Å². The summed E-state index contributed by atoms with van der Waals surface area (Å²) < 4.78 is 5.50. The summed E-state index contributed by atoms with van der Waals surface area (Å²) in [5, 5.41) is 0. The fourth-order valence-corrected chi connectivity index (χ4v) is 2.06. The molecule has 0 unspecified atom stereocenters. The average molecular weight is 126 g/mol. The molecule has 1 aliphatic heterocycles. The van der Waals surface area contributed by atoms with Gasteiger partial charge in [0.15, 0.2) is 0 Å². The number of hydrogen-bond donors (Lipinski definition) is 0. The standard InChI is InChI=1S/C8H14O/c1-6-7-5-8(7,2)3-4-9-6/h6-7H,3-5H2,1-2H3/t6-,7-,8-/m0/s1. The van der Waals surface area contributed by atoms with Gasteiger partial charge in [-0.2, -0.15) is 0 Å². The Bertz CT molecular complexity index is 133. The van der Waals surface area contributed by atoms with E-state index in [0.717, 1.165) is 12.5 Å². The minimum Gasteiger partial charge on any atom is -0.378 e. The van der Waals surface area contributed by atoms with Gasteiger partial charge in [0, 0.05) is 6.61 Å². The van der Waals surface area contributed by atoms with Crippen LogP contribution in [-0.4, -0.2) is 12.7 Å². The molecular weight excluding hydrogens is 112 g/mol. The Hall–Kier alpha value is -0.0400. The van der Waals surface area contributed by atoms with Crippen LogP contribution >= 0.6 is 0 Å². The van der Waals surface area contributed by atoms with Crippen LogP contribution in [0.2, 0.25) is 0 Å². The molecule has 0 spiro atoms. The molecule has 2 rings (SSSR count). The lowest BCUT2D eigenvalue weighted by atomic mass is 9.98. The fraction of sp³-hybridized carbons (Fsp3) is 1.00. The summed E-state index contributed by atoms with van der Waals surface area (Å²) in [6.07, 6.45) is 3.25. The molecule has 0 amide bonds. The number of ether oxygens (including phenoxy) is 1. The van der Waals surface area contributed by atoms with Crippen LogP contribution in [-0.2, 0) is 4.74 Å². The minimum absolute atomic E-state index is 0.545. The molecule has 0 N–H and O–H groups in total. The third kappa shape index (κ3) is 0.710. The zero-order valence-corrected chi connectivity index (χ0v) is 6.18. The molecule has 52 valence electrons. The molecule has 1 aliphatic carbocycles. The molecule has 9 heavy (non-hydrogen) atoms. The SMILES string of the molecule is C[C@@H]1OCC[C@@]2(C)C[C@@H]12. The quantitative estimate of drug-likeness (QED) is 0.481. The molecule has 1 saturated carbocycles. The molecule has 1 nitrogen and oxygen atoms in total. The Balaban J connectivity index is 2.07. The molecule has 0 aromatic heterocycles. The van der Waals surface area contributed by atoms with Crippen LogP contribution < -0.4 is 0 Å². The summed E-state index contributed by atoms with van der Waals surface area (Å²) in [5.41, 5.74) is 0.692. The third-order valence-corrected chi connectivity index (χ3v) is 3.04. The van der Waals surface area contributed by atoms with Crippen molar-refractivity contribution in [2.75, 3.05) is 6.61 Å². The van der Waals surface area contributed by atoms with E-state index in [2.05, 4.69) is 13.8 Å². The number of rotatable bonds is 0. The number of hydrogen-bond acceptors (Lipinski definition) is 1. The van der Waals surface area contributed by atoms with Crippen molar-refractivity contribution in [2.24, 2.45) is 11.3 Å². The molecule has 1 heteroatoms. The van der Waals surface area contributed by atoms with Gasteiger partial charge < -0.3 is 4.74 Å². The van der Waals surface area contributed by atoms with E-state index in [1.54, 1.807) is 0 Å². The predicted octanol–water partition coefficient (Wildman–Crippen LogP) is 1.82. The molecule has 2 fully saturated rings. The van der Waals surface area contributed by atoms with Gasteiger partial charge in [0.2, 0.25) is 0 Å². The van der Waals surface area contributed by atoms with Crippen molar-refractivity contribution in [3.05, 3.63) is 0 Å². The largest absolute Gasteiger partial charge is 0.378 e. The highest BCUT2D eigenvalue weighted by Gasteiger charge is 2.54. The van der Waals surface area contributed by atoms with Crippen LogP contribution in [0, 0.1) is 11.3 Å². The molecule has 0 aromatic rings. The second-order valence-corrected chi connectivity index (χ2v) is 3.79. The smallest absolute Gasteiger partial charge is 0.0580 e. The summed E-state index contributed by atoms with van der Waals surface area (Å²) in [6.45, 7) is 5.58. The fourth-order valence-electron chi connectivity index (χ4n) is 2.06. The molecule has 1 saturated heterocycles. The monoisotopic (exact) mass is 126 g/mol. The van der Waals surface area contributed by atoms with Crippen molar-refractivity contribution in [2.45, 2.75) is 32.8 Å². The van der Waals surface area contributed by atoms with Gasteiger partial charge in [-0.3, -0.25) is 0 Å². The molecule has 3 atom stereocenters. The van der Waals surface area contributed by atoms with Crippen molar-refractivity contribution >= 4 is 0 Å². The Morgan fingerprint density at radius 1 is 1.56 bits per heavy atom. The van der Waals surface area contributed by atoms with Crippen LogP contribution in [0.4, 0.5) is 0 Å². The Kier molecular flexibility index (Phi) is 0.963. The van der Waals surface area contributed by atoms with E-state index in [9.17, 15) is 0 Å². The van der Waals surface area contributed by atoms with Crippen LogP contribution in [0.3, 0.4) is 0 Å². The van der Waals surface area contributed by atoms with Crippen molar-refractivity contribution in [1.29, 1.82) is 0 Å². The Morgan fingerprint density at radius 2 is 2.33 bits per heavy atom. The Morgan fingerprint density at radius 3 is 2.89 bits per heavy atom. The number of fused-ring (bicyclic) bond motifs is 1. The molecule has 0 aromatic carbocycles. The first-order chi connectivity index (χ1) is 4.22. The summed E-state index contributed by atoms with van der Waals surface area (Å²) >= 11 is 0. The highest BCUT2D eigenvalue weighted by atomic mass is 16.5. The molecule has 2 aliphatic rings. The van der Waals surface area contributed by atoms with Gasteiger partial charge >= 0.3 is 0 Å². The van der Waals surface area contributed by atoms with E-state index in [-0.39, 0.29) is 0 Å². The highest BCUT2D eigenvalue weighted by Crippen LogP contribution is 2.59. The first-order valence-electron chi connectivity index (χ1n) is 3.84. The summed E-state index contributed by atoms with van der Waals surface area (Å²) in [4.78, 5) is 0. The van der Waals surface area contributed by atoms with E-state index in [4.69, 9.17) is 4.74 Å². The molecule has 0 radical (unpaired) electrons. The van der Waals surface area contributed by atoms with Crippen LogP contribution in [0.15, 0.2) is 0 Å². The third-order valence-electron chi connectivity index (χ3n) is 3.04. The first-order valence-corrected chi connectivity index (χ1v) is 3.84. The van der Waals surface area contributed by atoms with Gasteiger partial charge in [0.25, 0.3) is 0 Å². The van der Waals surface area contributed by atoms with Gasteiger partial charge in [0.1, 0.15) is 0 Å². The van der Waals surface area contributed by atoms with Crippen molar-refractivity contribution in [1.82, 2.24) is 0 Å². The summed E-state index contributed by atoms with van der Waals surface area (Å²) in [5.74, 6) is 0.895. The van der Waals surface area contributed by atoms with E-state index in [1.165, 1.54) is 12.8 Å². The molecule has 1 heterocycles. The van der Waals surface area contributed by atoms with Gasteiger partial charge in [-0.25, -0.2) is 0 Å². The zero-order valence-electron chi connectivity index (χ0n) is 6.18.